The molecule has 5 aromatic rings. The van der Waals surface area contributed by atoms with Crippen LogP contribution in [-0.4, -0.2) is 33.8 Å². The van der Waals surface area contributed by atoms with Gasteiger partial charge in [0.25, 0.3) is 11.8 Å². The van der Waals surface area contributed by atoms with Gasteiger partial charge < -0.3 is 10.3 Å². The number of urea groups is 1. The number of carbonyl (C=O) groups is 3. The molecule has 0 bridgehead atoms. The Balaban J connectivity index is 1.31. The van der Waals surface area contributed by atoms with Crippen LogP contribution in [0.5, 0.6) is 0 Å². The molecule has 3 heterocycles. The Morgan fingerprint density at radius 3 is 2.24 bits per heavy atom. The van der Waals surface area contributed by atoms with Crippen molar-refractivity contribution in [2.24, 2.45) is 0 Å². The lowest BCUT2D eigenvalue weighted by atomic mass is 9.89. The summed E-state index contributed by atoms with van der Waals surface area (Å²) in [5.74, 6) is -1.87. The Kier molecular flexibility index (Phi) is 5.67. The fourth-order valence-corrected chi connectivity index (χ4v) is 5.88. The normalized spacial score (nSPS) is 18.0. The van der Waals surface area contributed by atoms with Crippen LogP contribution in [0.3, 0.4) is 0 Å². The summed E-state index contributed by atoms with van der Waals surface area (Å²) in [4.78, 5) is 47.5. The van der Waals surface area contributed by atoms with Crippen LogP contribution in [0.25, 0.3) is 10.9 Å². The number of H-pyrrole nitrogens is 1. The molecule has 0 spiro atoms. The summed E-state index contributed by atoms with van der Waals surface area (Å²) in [6, 6.07) is 23.2. The standard InChI is InChI=1S/C32H22F2N4O3/c33-19-11-9-18(10-12-19)29-28-24(22-5-1-3-7-25(22)36-28)17-27-31(40)38(32(41)37(27)29)26-8-4-2-6-23(26)30(39)35-21-15-13-20(34)14-16-21/h1-16,27,29,36H,17H2,(H,35,39)/t27-,29?/m0/s1. The average Bonchev–Trinajstić information content (AvgIpc) is 3.48. The van der Waals surface area contributed by atoms with E-state index in [1.807, 2.05) is 24.3 Å². The second-order valence-electron chi connectivity index (χ2n) is 10.1. The van der Waals surface area contributed by atoms with E-state index in [-0.39, 0.29) is 17.7 Å². The summed E-state index contributed by atoms with van der Waals surface area (Å²) in [6.07, 6.45) is 0.280. The highest BCUT2D eigenvalue weighted by atomic mass is 19.1. The minimum atomic E-state index is -0.836. The summed E-state index contributed by atoms with van der Waals surface area (Å²) < 4.78 is 27.3. The van der Waals surface area contributed by atoms with Gasteiger partial charge in [0.05, 0.1) is 11.3 Å². The highest BCUT2D eigenvalue weighted by Crippen LogP contribution is 2.45. The van der Waals surface area contributed by atoms with E-state index in [1.54, 1.807) is 30.3 Å². The van der Waals surface area contributed by atoms with Crippen molar-refractivity contribution in [3.05, 3.63) is 131 Å². The number of carbonyl (C=O) groups excluding carboxylic acids is 3. The first-order valence-corrected chi connectivity index (χ1v) is 13.1. The number of aromatic amines is 1. The van der Waals surface area contributed by atoms with Crippen LogP contribution in [0.2, 0.25) is 0 Å². The van der Waals surface area contributed by atoms with Crippen molar-refractivity contribution < 1.29 is 23.2 Å². The van der Waals surface area contributed by atoms with E-state index < -0.39 is 41.6 Å². The van der Waals surface area contributed by atoms with Gasteiger partial charge in [-0.05, 0) is 65.7 Å². The quantitative estimate of drug-likeness (QED) is 0.263. The molecule has 0 saturated carbocycles. The van der Waals surface area contributed by atoms with Gasteiger partial charge in [0.1, 0.15) is 23.7 Å². The maximum atomic E-state index is 14.2. The number of nitrogens with zero attached hydrogens (tertiary/aromatic N) is 2. The van der Waals surface area contributed by atoms with Gasteiger partial charge in [0, 0.05) is 28.7 Å². The highest BCUT2D eigenvalue weighted by molar-refractivity contribution is 6.24. The predicted octanol–water partition coefficient (Wildman–Crippen LogP) is 6.18. The van der Waals surface area contributed by atoms with E-state index >= 15 is 0 Å². The molecule has 1 aromatic heterocycles. The molecule has 0 radical (unpaired) electrons. The Bertz CT molecular complexity index is 1850. The number of fused-ring (bicyclic) bond motifs is 4. The Morgan fingerprint density at radius 2 is 1.49 bits per heavy atom. The number of para-hydroxylation sites is 2. The Hall–Kier alpha value is -5.31. The molecule has 0 aliphatic carbocycles. The third-order valence-corrected chi connectivity index (χ3v) is 7.73. The second kappa shape index (κ2) is 9.41. The van der Waals surface area contributed by atoms with Gasteiger partial charge in [-0.1, -0.05) is 42.5 Å². The number of amides is 4. The molecule has 9 heteroatoms. The maximum Gasteiger partial charge on any atom is 0.332 e. The first kappa shape index (κ1) is 24.7. The number of anilines is 2. The van der Waals surface area contributed by atoms with Crippen molar-refractivity contribution in [1.82, 2.24) is 9.88 Å². The minimum absolute atomic E-state index is 0.112. The van der Waals surface area contributed by atoms with E-state index in [4.69, 9.17) is 0 Å². The lowest BCUT2D eigenvalue weighted by Gasteiger charge is -2.36. The van der Waals surface area contributed by atoms with Crippen molar-refractivity contribution in [2.75, 3.05) is 10.2 Å². The number of nitrogens with one attached hydrogen (secondary N) is 2. The fraction of sp³-hybridized carbons (Fsp3) is 0.0938. The van der Waals surface area contributed by atoms with Gasteiger partial charge in [-0.15, -0.1) is 0 Å². The van der Waals surface area contributed by atoms with Gasteiger partial charge >= 0.3 is 6.03 Å². The van der Waals surface area contributed by atoms with Crippen molar-refractivity contribution in [2.45, 2.75) is 18.5 Å². The molecule has 2 aliphatic heterocycles. The topological polar surface area (TPSA) is 85.5 Å². The number of rotatable bonds is 4. The maximum absolute atomic E-state index is 14.2. The van der Waals surface area contributed by atoms with Crippen LogP contribution < -0.4 is 10.2 Å². The first-order valence-electron chi connectivity index (χ1n) is 13.1. The second-order valence-corrected chi connectivity index (χ2v) is 10.1. The van der Waals surface area contributed by atoms with E-state index in [1.165, 1.54) is 47.4 Å². The smallest absolute Gasteiger partial charge is 0.332 e. The zero-order chi connectivity index (χ0) is 28.2. The SMILES string of the molecule is O=C(Nc1ccc(F)cc1)c1ccccc1N1C(=O)[C@@H]2Cc3c([nH]c4ccccc34)C(c3ccc(F)cc3)N2C1=O. The molecule has 7 nitrogen and oxygen atoms in total. The zero-order valence-corrected chi connectivity index (χ0v) is 21.5. The predicted molar refractivity (Wildman–Crippen MR) is 150 cm³/mol. The average molecular weight is 549 g/mol. The number of halogens is 2. The van der Waals surface area contributed by atoms with Gasteiger partial charge in [0.15, 0.2) is 0 Å². The van der Waals surface area contributed by atoms with E-state index in [9.17, 15) is 23.2 Å². The van der Waals surface area contributed by atoms with Crippen LogP contribution >= 0.6 is 0 Å². The van der Waals surface area contributed by atoms with Gasteiger partial charge in [0.2, 0.25) is 0 Å². The number of benzene rings is 4. The van der Waals surface area contributed by atoms with Crippen molar-refractivity contribution in [1.29, 1.82) is 0 Å². The molecule has 4 aromatic carbocycles. The highest BCUT2D eigenvalue weighted by Gasteiger charge is 2.53. The van der Waals surface area contributed by atoms with E-state index in [0.29, 0.717) is 11.3 Å². The molecule has 202 valence electrons. The lowest BCUT2D eigenvalue weighted by Crippen LogP contribution is -2.44. The molecular formula is C32H22F2N4O3. The molecule has 4 amide bonds. The van der Waals surface area contributed by atoms with Gasteiger partial charge in [-0.2, -0.15) is 0 Å². The third-order valence-electron chi connectivity index (χ3n) is 7.73. The number of hydrogen-bond donors (Lipinski definition) is 2. The van der Waals surface area contributed by atoms with Crippen LogP contribution in [-0.2, 0) is 11.2 Å². The van der Waals surface area contributed by atoms with Crippen LogP contribution in [0.1, 0.15) is 33.2 Å². The molecule has 2 N–H and O–H groups in total. The largest absolute Gasteiger partial charge is 0.356 e. The Morgan fingerprint density at radius 1 is 0.829 bits per heavy atom. The summed E-state index contributed by atoms with van der Waals surface area (Å²) in [6.45, 7) is 0. The molecule has 2 atom stereocenters. The van der Waals surface area contributed by atoms with Crippen molar-refractivity contribution in [3.8, 4) is 0 Å². The first-order chi connectivity index (χ1) is 19.9. The fourth-order valence-electron chi connectivity index (χ4n) is 5.88. The molecule has 1 unspecified atom stereocenters. The zero-order valence-electron chi connectivity index (χ0n) is 21.5. The monoisotopic (exact) mass is 548 g/mol. The Labute approximate surface area is 233 Å². The van der Waals surface area contributed by atoms with E-state index in [2.05, 4.69) is 10.3 Å². The van der Waals surface area contributed by atoms with Crippen LogP contribution in [0, 0.1) is 11.6 Å². The van der Waals surface area contributed by atoms with Crippen LogP contribution in [0.4, 0.5) is 25.0 Å². The lowest BCUT2D eigenvalue weighted by molar-refractivity contribution is -0.120. The number of aromatic nitrogens is 1. The molecule has 41 heavy (non-hydrogen) atoms. The molecule has 7 rings (SSSR count). The van der Waals surface area contributed by atoms with E-state index in [0.717, 1.165) is 27.1 Å². The number of imide groups is 1. The number of hydrogen-bond acceptors (Lipinski definition) is 3. The third kappa shape index (κ3) is 3.97. The molecular weight excluding hydrogens is 526 g/mol. The summed E-state index contributed by atoms with van der Waals surface area (Å²) in [7, 11) is 0. The van der Waals surface area contributed by atoms with Gasteiger partial charge in [-0.3, -0.25) is 14.5 Å². The summed E-state index contributed by atoms with van der Waals surface area (Å²) >= 11 is 0. The summed E-state index contributed by atoms with van der Waals surface area (Å²) in [5.41, 5.74) is 3.83. The van der Waals surface area contributed by atoms with Crippen molar-refractivity contribution >= 4 is 40.1 Å². The minimum Gasteiger partial charge on any atom is -0.356 e. The van der Waals surface area contributed by atoms with Crippen molar-refractivity contribution in [3.63, 3.8) is 0 Å². The molecule has 1 fully saturated rings. The van der Waals surface area contributed by atoms with Crippen LogP contribution in [0.15, 0.2) is 97.1 Å². The molecule has 1 saturated heterocycles. The molecule has 2 aliphatic rings. The van der Waals surface area contributed by atoms with Gasteiger partial charge in [-0.25, -0.2) is 18.5 Å². The summed E-state index contributed by atoms with van der Waals surface area (Å²) in [5, 5.41) is 3.65.